The Kier molecular flexibility index (Phi) is 5.58. The van der Waals surface area contributed by atoms with Crippen LogP contribution in [-0.2, 0) is 0 Å². The van der Waals surface area contributed by atoms with Gasteiger partial charge in [0.25, 0.3) is 5.91 Å². The number of aliphatic hydroxyl groups excluding tert-OH is 1. The molecule has 1 N–H and O–H groups in total. The van der Waals surface area contributed by atoms with Crippen LogP contribution in [0.25, 0.3) is 0 Å². The molecular weight excluding hydrogens is 321 g/mol. The number of amides is 1. The molecule has 0 bridgehead atoms. The van der Waals surface area contributed by atoms with Crippen LogP contribution in [-0.4, -0.2) is 35.6 Å². The van der Waals surface area contributed by atoms with Crippen molar-refractivity contribution >= 4 is 17.5 Å². The SMILES string of the molecule is CC(CO)N(C)C(=O)c1ccc(Oc2ccc(Cl)cc2)c(F)c1. The zero-order chi connectivity index (χ0) is 17.0. The Morgan fingerprint density at radius 2 is 1.96 bits per heavy atom. The molecule has 0 radical (unpaired) electrons. The predicted molar refractivity (Wildman–Crippen MR) is 86.6 cm³/mol. The van der Waals surface area contributed by atoms with Crippen LogP contribution in [0.2, 0.25) is 5.02 Å². The van der Waals surface area contributed by atoms with Crippen LogP contribution in [0.1, 0.15) is 17.3 Å². The Morgan fingerprint density at radius 3 is 2.52 bits per heavy atom. The second-order valence-corrected chi connectivity index (χ2v) is 5.59. The van der Waals surface area contributed by atoms with E-state index in [1.165, 1.54) is 17.0 Å². The summed E-state index contributed by atoms with van der Waals surface area (Å²) in [5, 5.41) is 9.64. The molecule has 0 saturated carbocycles. The maximum absolute atomic E-state index is 14.2. The van der Waals surface area contributed by atoms with Gasteiger partial charge in [0.15, 0.2) is 11.6 Å². The molecule has 1 amide bonds. The summed E-state index contributed by atoms with van der Waals surface area (Å²) in [5.41, 5.74) is 0.189. The standard InChI is InChI=1S/C17H17ClFNO3/c1-11(10-21)20(2)17(22)12-3-8-16(15(19)9-12)23-14-6-4-13(18)5-7-14/h3-9,11,21H,10H2,1-2H3. The van der Waals surface area contributed by atoms with Crippen LogP contribution < -0.4 is 4.74 Å². The number of likely N-dealkylation sites (N-methyl/N-ethyl adjacent to an activating group) is 1. The maximum atomic E-state index is 14.2. The van der Waals surface area contributed by atoms with Crippen molar-refractivity contribution in [2.24, 2.45) is 0 Å². The van der Waals surface area contributed by atoms with Crippen molar-refractivity contribution in [3.8, 4) is 11.5 Å². The summed E-state index contributed by atoms with van der Waals surface area (Å²) in [6.07, 6.45) is 0. The molecule has 0 spiro atoms. The summed E-state index contributed by atoms with van der Waals surface area (Å²) in [4.78, 5) is 13.6. The van der Waals surface area contributed by atoms with E-state index in [2.05, 4.69) is 0 Å². The third-order valence-electron chi connectivity index (χ3n) is 3.47. The smallest absolute Gasteiger partial charge is 0.254 e. The fourth-order valence-electron chi connectivity index (χ4n) is 1.87. The zero-order valence-corrected chi connectivity index (χ0v) is 13.5. The highest BCUT2D eigenvalue weighted by Crippen LogP contribution is 2.26. The Bertz CT molecular complexity index is 691. The predicted octanol–water partition coefficient (Wildman–Crippen LogP) is 3.72. The average molecular weight is 338 g/mol. The van der Waals surface area contributed by atoms with Crippen molar-refractivity contribution in [1.29, 1.82) is 0 Å². The van der Waals surface area contributed by atoms with Gasteiger partial charge < -0.3 is 14.7 Å². The molecule has 0 heterocycles. The van der Waals surface area contributed by atoms with E-state index >= 15 is 0 Å². The Balaban J connectivity index is 2.17. The molecule has 122 valence electrons. The van der Waals surface area contributed by atoms with Crippen molar-refractivity contribution in [3.63, 3.8) is 0 Å². The van der Waals surface area contributed by atoms with Crippen LogP contribution in [0.4, 0.5) is 4.39 Å². The van der Waals surface area contributed by atoms with E-state index < -0.39 is 5.82 Å². The van der Waals surface area contributed by atoms with Gasteiger partial charge >= 0.3 is 0 Å². The van der Waals surface area contributed by atoms with Gasteiger partial charge in [-0.2, -0.15) is 0 Å². The second-order valence-electron chi connectivity index (χ2n) is 5.15. The fourth-order valence-corrected chi connectivity index (χ4v) is 2.00. The van der Waals surface area contributed by atoms with Gasteiger partial charge in [-0.3, -0.25) is 4.79 Å². The lowest BCUT2D eigenvalue weighted by Crippen LogP contribution is -2.37. The number of halogens is 2. The highest BCUT2D eigenvalue weighted by molar-refractivity contribution is 6.30. The largest absolute Gasteiger partial charge is 0.454 e. The molecule has 6 heteroatoms. The lowest BCUT2D eigenvalue weighted by atomic mass is 10.1. The van der Waals surface area contributed by atoms with Gasteiger partial charge in [0.2, 0.25) is 0 Å². The molecule has 2 rings (SSSR count). The number of rotatable bonds is 5. The van der Waals surface area contributed by atoms with Gasteiger partial charge in [-0.1, -0.05) is 11.6 Å². The highest BCUT2D eigenvalue weighted by Gasteiger charge is 2.18. The molecule has 23 heavy (non-hydrogen) atoms. The van der Waals surface area contributed by atoms with Crippen molar-refractivity contribution in [2.45, 2.75) is 13.0 Å². The van der Waals surface area contributed by atoms with Gasteiger partial charge in [-0.05, 0) is 49.4 Å². The highest BCUT2D eigenvalue weighted by atomic mass is 35.5. The summed E-state index contributed by atoms with van der Waals surface area (Å²) in [6.45, 7) is 1.54. The third kappa shape index (κ3) is 4.21. The van der Waals surface area contributed by atoms with Gasteiger partial charge in [0, 0.05) is 17.6 Å². The molecule has 2 aromatic carbocycles. The average Bonchev–Trinajstić information content (AvgIpc) is 2.56. The molecule has 0 aromatic heterocycles. The molecule has 0 saturated heterocycles. The van der Waals surface area contributed by atoms with E-state index in [-0.39, 0.29) is 29.9 Å². The van der Waals surface area contributed by atoms with E-state index in [0.29, 0.717) is 10.8 Å². The number of carbonyl (C=O) groups excluding carboxylic acids is 1. The molecule has 1 atom stereocenters. The zero-order valence-electron chi connectivity index (χ0n) is 12.8. The molecule has 4 nitrogen and oxygen atoms in total. The van der Waals surface area contributed by atoms with Crippen LogP contribution in [0.3, 0.4) is 0 Å². The Labute approximate surface area is 139 Å². The summed E-state index contributed by atoms with van der Waals surface area (Å²) < 4.78 is 19.6. The quantitative estimate of drug-likeness (QED) is 0.904. The van der Waals surface area contributed by atoms with E-state index in [9.17, 15) is 9.18 Å². The van der Waals surface area contributed by atoms with E-state index in [1.54, 1.807) is 38.2 Å². The summed E-state index contributed by atoms with van der Waals surface area (Å²) >= 11 is 5.78. The molecule has 2 aromatic rings. The van der Waals surface area contributed by atoms with Crippen LogP contribution >= 0.6 is 11.6 Å². The first-order valence-corrected chi connectivity index (χ1v) is 7.41. The van der Waals surface area contributed by atoms with Crippen LogP contribution in [0.5, 0.6) is 11.5 Å². The first-order chi connectivity index (χ1) is 10.9. The number of nitrogens with zero attached hydrogens (tertiary/aromatic N) is 1. The lowest BCUT2D eigenvalue weighted by molar-refractivity contribution is 0.0681. The first kappa shape index (κ1) is 17.2. The number of ether oxygens (including phenoxy) is 1. The number of carbonyl (C=O) groups is 1. The minimum Gasteiger partial charge on any atom is -0.454 e. The summed E-state index contributed by atoms with van der Waals surface area (Å²) in [7, 11) is 1.55. The van der Waals surface area contributed by atoms with Crippen molar-refractivity contribution in [3.05, 3.63) is 58.9 Å². The van der Waals surface area contributed by atoms with Crippen molar-refractivity contribution < 1.29 is 19.0 Å². The van der Waals surface area contributed by atoms with Gasteiger partial charge in [-0.25, -0.2) is 4.39 Å². The topological polar surface area (TPSA) is 49.8 Å². The molecular formula is C17H17ClFNO3. The lowest BCUT2D eigenvalue weighted by Gasteiger charge is -2.23. The van der Waals surface area contributed by atoms with E-state index in [1.807, 2.05) is 0 Å². The number of hydrogen-bond donors (Lipinski definition) is 1. The van der Waals surface area contributed by atoms with E-state index in [4.69, 9.17) is 21.4 Å². The first-order valence-electron chi connectivity index (χ1n) is 7.03. The van der Waals surface area contributed by atoms with Crippen LogP contribution in [0, 0.1) is 5.82 Å². The molecule has 0 aliphatic carbocycles. The normalized spacial score (nSPS) is 11.9. The second kappa shape index (κ2) is 7.44. The minimum atomic E-state index is -0.643. The minimum absolute atomic E-state index is 0.0155. The van der Waals surface area contributed by atoms with Gasteiger partial charge in [0.05, 0.1) is 12.6 Å². The monoisotopic (exact) mass is 337 g/mol. The number of benzene rings is 2. The van der Waals surface area contributed by atoms with Gasteiger partial charge in [-0.15, -0.1) is 0 Å². The third-order valence-corrected chi connectivity index (χ3v) is 3.72. The molecule has 0 aliphatic heterocycles. The van der Waals surface area contributed by atoms with Crippen LogP contribution in [0.15, 0.2) is 42.5 Å². The van der Waals surface area contributed by atoms with Crippen molar-refractivity contribution in [1.82, 2.24) is 4.90 Å². The summed E-state index contributed by atoms with van der Waals surface area (Å²) in [5.74, 6) is -0.556. The molecule has 1 unspecified atom stereocenters. The maximum Gasteiger partial charge on any atom is 0.254 e. The number of aliphatic hydroxyl groups is 1. The van der Waals surface area contributed by atoms with Gasteiger partial charge in [0.1, 0.15) is 5.75 Å². The number of hydrogen-bond acceptors (Lipinski definition) is 3. The Hall–Kier alpha value is -2.11. The molecule has 0 aliphatic rings. The fraction of sp³-hybridized carbons (Fsp3) is 0.235. The summed E-state index contributed by atoms with van der Waals surface area (Å²) in [6, 6.07) is 10.2. The van der Waals surface area contributed by atoms with E-state index in [0.717, 1.165) is 6.07 Å². The Morgan fingerprint density at radius 1 is 1.30 bits per heavy atom. The molecule has 0 fully saturated rings. The van der Waals surface area contributed by atoms with Crippen molar-refractivity contribution in [2.75, 3.05) is 13.7 Å².